The lowest BCUT2D eigenvalue weighted by Crippen LogP contribution is -2.47. The van der Waals surface area contributed by atoms with E-state index >= 15 is 4.39 Å². The van der Waals surface area contributed by atoms with Crippen molar-refractivity contribution in [2.75, 3.05) is 41.6 Å². The first-order valence-corrected chi connectivity index (χ1v) is 11.6. The second kappa shape index (κ2) is 6.71. The van der Waals surface area contributed by atoms with Crippen LogP contribution in [0.2, 0.25) is 0 Å². The summed E-state index contributed by atoms with van der Waals surface area (Å²) in [6.07, 6.45) is 2.20. The zero-order valence-corrected chi connectivity index (χ0v) is 17.7. The van der Waals surface area contributed by atoms with E-state index < -0.39 is 27.5 Å². The number of ether oxygens (including phenoxy) is 1. The Morgan fingerprint density at radius 2 is 2.03 bits per heavy atom. The molecule has 1 amide bonds. The van der Waals surface area contributed by atoms with Gasteiger partial charge in [0.25, 0.3) is 0 Å². The molecule has 1 aromatic heterocycles. The van der Waals surface area contributed by atoms with Gasteiger partial charge in [-0.2, -0.15) is 0 Å². The van der Waals surface area contributed by atoms with E-state index in [1.54, 1.807) is 18.2 Å². The Kier molecular flexibility index (Phi) is 4.30. The number of pyridine rings is 1. The van der Waals surface area contributed by atoms with Crippen LogP contribution in [0.3, 0.4) is 0 Å². The number of rotatable bonds is 2. The number of anilines is 3. The summed E-state index contributed by atoms with van der Waals surface area (Å²) in [7, 11) is -1.86. The highest BCUT2D eigenvalue weighted by molar-refractivity contribution is 7.92. The number of nitrogens with two attached hydrogens (primary N) is 1. The first kappa shape index (κ1) is 19.9. The Hall–Kier alpha value is -3.08. The van der Waals surface area contributed by atoms with Gasteiger partial charge in [-0.05, 0) is 23.3 Å². The van der Waals surface area contributed by atoms with Gasteiger partial charge in [0.15, 0.2) is 11.6 Å². The van der Waals surface area contributed by atoms with Gasteiger partial charge in [-0.15, -0.1) is 0 Å². The highest BCUT2D eigenvalue weighted by Crippen LogP contribution is 2.41. The summed E-state index contributed by atoms with van der Waals surface area (Å²) >= 11 is 0. The number of benzene rings is 1. The molecule has 164 valence electrons. The van der Waals surface area contributed by atoms with Crippen LogP contribution in [0.1, 0.15) is 18.4 Å². The smallest absolute Gasteiger partial charge is 0.407 e. The van der Waals surface area contributed by atoms with Crippen LogP contribution in [-0.4, -0.2) is 51.8 Å². The zero-order valence-electron chi connectivity index (χ0n) is 16.9. The third-order valence-corrected chi connectivity index (χ3v) is 8.07. The molecule has 2 aromatic rings. The van der Waals surface area contributed by atoms with E-state index in [1.807, 2.05) is 4.90 Å². The van der Waals surface area contributed by atoms with Crippen molar-refractivity contribution in [3.05, 3.63) is 35.8 Å². The number of alkyl carbamates (subject to hydrolysis) is 1. The fourth-order valence-electron chi connectivity index (χ4n) is 4.55. The number of hydrogen-bond acceptors (Lipinski definition) is 7. The predicted octanol–water partition coefficient (Wildman–Crippen LogP) is 1.83. The van der Waals surface area contributed by atoms with Gasteiger partial charge in [-0.3, -0.25) is 4.31 Å². The second-order valence-electron chi connectivity index (χ2n) is 8.20. The van der Waals surface area contributed by atoms with Crippen LogP contribution in [0.5, 0.6) is 0 Å². The summed E-state index contributed by atoms with van der Waals surface area (Å²) in [5, 5.41) is 2.69. The maximum atomic E-state index is 15.2. The number of sulfonamides is 1. The van der Waals surface area contributed by atoms with Gasteiger partial charge >= 0.3 is 6.09 Å². The highest BCUT2D eigenvalue weighted by atomic mass is 32.2. The van der Waals surface area contributed by atoms with Gasteiger partial charge in [0.2, 0.25) is 10.0 Å². The first-order chi connectivity index (χ1) is 14.7. The van der Waals surface area contributed by atoms with Gasteiger partial charge in [0, 0.05) is 44.7 Å². The molecule has 0 aliphatic carbocycles. The van der Waals surface area contributed by atoms with Gasteiger partial charge in [0.05, 0.1) is 23.7 Å². The molecule has 31 heavy (non-hydrogen) atoms. The molecule has 2 fully saturated rings. The van der Waals surface area contributed by atoms with Crippen LogP contribution in [0.4, 0.5) is 26.4 Å². The average Bonchev–Trinajstić information content (AvgIpc) is 3.20. The Bertz CT molecular complexity index is 1190. The fraction of sp³-hybridized carbons (Fsp3) is 0.400. The molecule has 0 bridgehead atoms. The van der Waals surface area contributed by atoms with Gasteiger partial charge < -0.3 is 20.7 Å². The molecule has 1 spiro atoms. The molecular weight excluding hydrogens is 425 g/mol. The third kappa shape index (κ3) is 3.14. The number of hydrogen-bond donors (Lipinski definition) is 2. The molecule has 3 aliphatic heterocycles. The van der Waals surface area contributed by atoms with Crippen molar-refractivity contribution in [2.24, 2.45) is 0 Å². The number of piperidine rings is 1. The standard InChI is InChI=1S/C20H22FN5O4S/c1-25-15-3-2-12(8-13(15)10-31(25,28)29)14-9-23-18(22)16(21)17(14)26-6-4-20(5-7-26)11-24-19(27)30-20/h2-3,8-9H,4-7,10-11H2,1H3,(H2,22,23)(H,24,27). The maximum absolute atomic E-state index is 15.2. The Labute approximate surface area is 179 Å². The molecule has 5 rings (SSSR count). The van der Waals surface area contributed by atoms with Crippen molar-refractivity contribution in [3.8, 4) is 11.1 Å². The number of nitrogen functional groups attached to an aromatic ring is 1. The summed E-state index contributed by atoms with van der Waals surface area (Å²) in [5.41, 5.74) is 8.02. The SMILES string of the molecule is CN1c2ccc(-c3cnc(N)c(F)c3N3CCC4(CC3)CNC(=O)O4)cc2CS1(=O)=O. The monoisotopic (exact) mass is 447 g/mol. The van der Waals surface area contributed by atoms with E-state index in [0.717, 1.165) is 0 Å². The van der Waals surface area contributed by atoms with Crippen LogP contribution in [0.15, 0.2) is 24.4 Å². The van der Waals surface area contributed by atoms with Crippen LogP contribution in [0, 0.1) is 5.82 Å². The minimum absolute atomic E-state index is 0.0997. The molecule has 3 N–H and O–H groups in total. The predicted molar refractivity (Wildman–Crippen MR) is 114 cm³/mol. The first-order valence-electron chi connectivity index (χ1n) is 9.95. The number of halogens is 1. The molecule has 4 heterocycles. The van der Waals surface area contributed by atoms with Gasteiger partial charge in [-0.1, -0.05) is 6.07 Å². The summed E-state index contributed by atoms with van der Waals surface area (Å²) in [4.78, 5) is 17.4. The average molecular weight is 447 g/mol. The lowest BCUT2D eigenvalue weighted by atomic mass is 9.90. The van der Waals surface area contributed by atoms with Gasteiger partial charge in [-0.25, -0.2) is 22.6 Å². The molecule has 1 aromatic carbocycles. The molecular formula is C20H22FN5O4S. The number of nitrogens with one attached hydrogen (secondary N) is 1. The number of amides is 1. The summed E-state index contributed by atoms with van der Waals surface area (Å²) in [6, 6.07) is 5.25. The van der Waals surface area contributed by atoms with Crippen molar-refractivity contribution >= 4 is 33.3 Å². The molecule has 0 radical (unpaired) electrons. The quantitative estimate of drug-likeness (QED) is 0.721. The summed E-state index contributed by atoms with van der Waals surface area (Å²) in [6.45, 7) is 1.40. The minimum Gasteiger partial charge on any atom is -0.441 e. The maximum Gasteiger partial charge on any atom is 0.407 e. The minimum atomic E-state index is -3.38. The third-order valence-electron chi connectivity index (χ3n) is 6.36. The van der Waals surface area contributed by atoms with E-state index in [1.165, 1.54) is 17.5 Å². The van der Waals surface area contributed by atoms with E-state index in [0.29, 0.717) is 60.5 Å². The molecule has 9 nitrogen and oxygen atoms in total. The molecule has 0 saturated carbocycles. The lowest BCUT2D eigenvalue weighted by molar-refractivity contribution is 0.0366. The van der Waals surface area contributed by atoms with Gasteiger partial charge in [0.1, 0.15) is 5.60 Å². The van der Waals surface area contributed by atoms with E-state index in [-0.39, 0.29) is 11.6 Å². The van der Waals surface area contributed by atoms with E-state index in [2.05, 4.69) is 10.3 Å². The zero-order chi connectivity index (χ0) is 22.0. The largest absolute Gasteiger partial charge is 0.441 e. The van der Waals surface area contributed by atoms with Crippen molar-refractivity contribution in [1.29, 1.82) is 0 Å². The molecule has 0 atom stereocenters. The normalized spacial score (nSPS) is 21.2. The Morgan fingerprint density at radius 1 is 1.29 bits per heavy atom. The molecule has 11 heteroatoms. The number of aromatic nitrogens is 1. The van der Waals surface area contributed by atoms with E-state index in [4.69, 9.17) is 10.5 Å². The number of carbonyl (C=O) groups excluding carboxylic acids is 1. The second-order valence-corrected chi connectivity index (χ2v) is 10.2. The molecule has 0 unspecified atom stereocenters. The van der Waals surface area contributed by atoms with Crippen LogP contribution >= 0.6 is 0 Å². The van der Waals surface area contributed by atoms with Crippen LogP contribution in [0.25, 0.3) is 11.1 Å². The Balaban J connectivity index is 1.51. The lowest BCUT2D eigenvalue weighted by Gasteiger charge is -2.39. The van der Waals surface area contributed by atoms with Crippen LogP contribution in [-0.2, 0) is 20.5 Å². The number of fused-ring (bicyclic) bond motifs is 1. The van der Waals surface area contributed by atoms with Crippen molar-refractivity contribution in [1.82, 2.24) is 10.3 Å². The number of nitrogens with zero attached hydrogens (tertiary/aromatic N) is 3. The Morgan fingerprint density at radius 3 is 2.71 bits per heavy atom. The highest BCUT2D eigenvalue weighted by Gasteiger charge is 2.43. The van der Waals surface area contributed by atoms with Crippen molar-refractivity contribution in [2.45, 2.75) is 24.2 Å². The summed E-state index contributed by atoms with van der Waals surface area (Å²) < 4.78 is 46.3. The van der Waals surface area contributed by atoms with Crippen molar-refractivity contribution < 1.29 is 22.3 Å². The van der Waals surface area contributed by atoms with Crippen molar-refractivity contribution in [3.63, 3.8) is 0 Å². The number of carbonyl (C=O) groups is 1. The van der Waals surface area contributed by atoms with E-state index in [9.17, 15) is 13.2 Å². The summed E-state index contributed by atoms with van der Waals surface area (Å²) in [5.74, 6) is -0.908. The van der Waals surface area contributed by atoms with Crippen LogP contribution < -0.4 is 20.3 Å². The topological polar surface area (TPSA) is 118 Å². The molecule has 2 saturated heterocycles. The molecule has 3 aliphatic rings. The fourth-order valence-corrected chi connectivity index (χ4v) is 5.85.